The van der Waals surface area contributed by atoms with Gasteiger partial charge in [-0.2, -0.15) is 0 Å². The van der Waals surface area contributed by atoms with Crippen molar-refractivity contribution in [3.63, 3.8) is 0 Å². The number of hydrogen-bond donors (Lipinski definition) is 1. The van der Waals surface area contributed by atoms with Crippen LogP contribution in [-0.4, -0.2) is 13.2 Å². The van der Waals surface area contributed by atoms with E-state index in [4.69, 9.17) is 15.8 Å². The second kappa shape index (κ2) is 2.49. The van der Waals surface area contributed by atoms with Gasteiger partial charge in [0.15, 0.2) is 0 Å². The van der Waals surface area contributed by atoms with Crippen LogP contribution in [-0.2, 0) is 9.09 Å². The van der Waals surface area contributed by atoms with Crippen LogP contribution in [0.25, 0.3) is 0 Å². The molecule has 0 radical (unpaired) electrons. The topological polar surface area (TPSA) is 38.3 Å². The second-order valence-electron chi connectivity index (χ2n) is 3.25. The Morgan fingerprint density at radius 2 is 2.30 bits per heavy atom. The van der Waals surface area contributed by atoms with E-state index in [1.807, 2.05) is 13.8 Å². The van der Waals surface area contributed by atoms with Crippen LogP contribution in [0.1, 0.15) is 13.8 Å². The highest BCUT2D eigenvalue weighted by Crippen LogP contribution is 2.51. The van der Waals surface area contributed by atoms with Crippen molar-refractivity contribution >= 4 is 18.1 Å². The summed E-state index contributed by atoms with van der Waals surface area (Å²) in [6.07, 6.45) is 0. The molecule has 0 spiro atoms. The minimum Gasteiger partial charge on any atom is -0.306 e. The van der Waals surface area contributed by atoms with E-state index in [1.54, 1.807) is 0 Å². The number of rotatable bonds is 0. The van der Waals surface area contributed by atoms with Gasteiger partial charge in [-0.15, -0.1) is 0 Å². The summed E-state index contributed by atoms with van der Waals surface area (Å²) >= 11 is 5.42. The summed E-state index contributed by atoms with van der Waals surface area (Å²) in [7, 11) is 0. The van der Waals surface area contributed by atoms with Gasteiger partial charge in [0.05, 0.1) is 6.61 Å². The molecule has 1 aliphatic rings. The Hall–Kier alpha value is 0.440. The molecule has 60 valence electrons. The van der Waals surface area contributed by atoms with Crippen LogP contribution in [0, 0.1) is 5.41 Å². The van der Waals surface area contributed by atoms with E-state index in [-0.39, 0.29) is 5.41 Å². The molecule has 1 unspecified atom stereocenters. The maximum absolute atomic E-state index is 11.0. The molecule has 0 aromatic heterocycles. The molecule has 1 rings (SSSR count). The van der Waals surface area contributed by atoms with E-state index < -0.39 is 6.87 Å². The van der Waals surface area contributed by atoms with Gasteiger partial charge in [-0.1, -0.05) is 13.8 Å². The normalized spacial score (nSPS) is 39.5. The molecule has 5 heteroatoms. The molecule has 0 aromatic rings. The van der Waals surface area contributed by atoms with Gasteiger partial charge in [0.2, 0.25) is 0 Å². The minimum absolute atomic E-state index is 0.0444. The molecule has 0 aliphatic carbocycles. The Morgan fingerprint density at radius 1 is 1.70 bits per heavy atom. The Labute approximate surface area is 65.4 Å². The van der Waals surface area contributed by atoms with E-state index in [9.17, 15) is 4.57 Å². The number of hydrogen-bond acceptors (Lipinski definition) is 2. The quantitative estimate of drug-likeness (QED) is 0.584. The molecule has 0 saturated carbocycles. The SMILES string of the molecule is CC1(C)CNP(=O)(Cl)OC1. The first-order chi connectivity index (χ1) is 4.41. The third kappa shape index (κ3) is 2.24. The second-order valence-corrected chi connectivity index (χ2v) is 6.12. The average Bonchev–Trinajstić information content (AvgIpc) is 1.79. The zero-order chi connectivity index (χ0) is 7.83. The van der Waals surface area contributed by atoms with Crippen molar-refractivity contribution in [2.45, 2.75) is 13.8 Å². The average molecular weight is 184 g/mol. The van der Waals surface area contributed by atoms with Gasteiger partial charge in [-0.05, 0) is 11.2 Å². The lowest BCUT2D eigenvalue weighted by Crippen LogP contribution is -2.36. The Kier molecular flexibility index (Phi) is 2.12. The Balaban J connectivity index is 2.54. The molecule has 0 aromatic carbocycles. The molecule has 1 fully saturated rings. The maximum Gasteiger partial charge on any atom is 0.360 e. The van der Waals surface area contributed by atoms with E-state index in [0.717, 1.165) is 0 Å². The maximum atomic E-state index is 11.0. The monoisotopic (exact) mass is 183 g/mol. The van der Waals surface area contributed by atoms with Crippen LogP contribution >= 0.6 is 18.1 Å². The third-order valence-corrected chi connectivity index (χ3v) is 3.02. The third-order valence-electron chi connectivity index (χ3n) is 1.37. The van der Waals surface area contributed by atoms with Crippen molar-refractivity contribution in [3.05, 3.63) is 0 Å². The first-order valence-corrected chi connectivity index (χ1v) is 5.64. The van der Waals surface area contributed by atoms with Crippen LogP contribution < -0.4 is 5.09 Å². The van der Waals surface area contributed by atoms with Crippen molar-refractivity contribution in [1.29, 1.82) is 0 Å². The van der Waals surface area contributed by atoms with Crippen molar-refractivity contribution in [1.82, 2.24) is 5.09 Å². The smallest absolute Gasteiger partial charge is 0.306 e. The largest absolute Gasteiger partial charge is 0.360 e. The van der Waals surface area contributed by atoms with Gasteiger partial charge in [0.1, 0.15) is 0 Å². The molecule has 10 heavy (non-hydrogen) atoms. The molecule has 1 aliphatic heterocycles. The van der Waals surface area contributed by atoms with Crippen LogP contribution in [0.5, 0.6) is 0 Å². The summed E-state index contributed by atoms with van der Waals surface area (Å²) < 4.78 is 15.8. The van der Waals surface area contributed by atoms with E-state index in [1.165, 1.54) is 0 Å². The van der Waals surface area contributed by atoms with Gasteiger partial charge >= 0.3 is 6.87 Å². The van der Waals surface area contributed by atoms with Crippen LogP contribution in [0.2, 0.25) is 0 Å². The predicted octanol–water partition coefficient (Wildman–Crippen LogP) is 1.98. The van der Waals surface area contributed by atoms with Gasteiger partial charge < -0.3 is 4.52 Å². The molecule has 0 amide bonds. The molecule has 1 heterocycles. The van der Waals surface area contributed by atoms with Crippen LogP contribution in [0.3, 0.4) is 0 Å². The Bertz CT molecular complexity index is 168. The van der Waals surface area contributed by atoms with Crippen molar-refractivity contribution in [2.24, 2.45) is 5.41 Å². The van der Waals surface area contributed by atoms with Gasteiger partial charge in [0.25, 0.3) is 0 Å². The van der Waals surface area contributed by atoms with Gasteiger partial charge in [-0.25, -0.2) is 5.09 Å². The fourth-order valence-corrected chi connectivity index (χ4v) is 2.21. The highest BCUT2D eigenvalue weighted by molar-refractivity contribution is 7.83. The zero-order valence-electron chi connectivity index (χ0n) is 6.06. The van der Waals surface area contributed by atoms with E-state index in [0.29, 0.717) is 13.2 Å². The van der Waals surface area contributed by atoms with Crippen molar-refractivity contribution in [2.75, 3.05) is 13.2 Å². The summed E-state index contributed by atoms with van der Waals surface area (Å²) in [5.41, 5.74) is 0.0444. The van der Waals surface area contributed by atoms with Crippen LogP contribution in [0.15, 0.2) is 0 Å². The minimum atomic E-state index is -2.94. The lowest BCUT2D eigenvalue weighted by Gasteiger charge is -2.31. The first kappa shape index (κ1) is 8.54. The first-order valence-electron chi connectivity index (χ1n) is 3.11. The van der Waals surface area contributed by atoms with Gasteiger partial charge in [-0.3, -0.25) is 4.57 Å². The molecule has 1 atom stereocenters. The fourth-order valence-electron chi connectivity index (χ4n) is 0.663. The molecule has 1 saturated heterocycles. The van der Waals surface area contributed by atoms with Crippen molar-refractivity contribution < 1.29 is 9.09 Å². The van der Waals surface area contributed by atoms with E-state index in [2.05, 4.69) is 5.09 Å². The predicted molar refractivity (Wildman–Crippen MR) is 41.2 cm³/mol. The Morgan fingerprint density at radius 3 is 2.60 bits per heavy atom. The number of halogens is 1. The summed E-state index contributed by atoms with van der Waals surface area (Å²) in [6.45, 7) is 2.21. The fraction of sp³-hybridized carbons (Fsp3) is 1.00. The summed E-state index contributed by atoms with van der Waals surface area (Å²) in [5, 5.41) is 2.65. The lowest BCUT2D eigenvalue weighted by atomic mass is 9.96. The molecule has 0 bridgehead atoms. The zero-order valence-corrected chi connectivity index (χ0v) is 7.71. The van der Waals surface area contributed by atoms with E-state index >= 15 is 0 Å². The standard InChI is InChI=1S/C5H11ClNO2P/c1-5(2)3-7-10(6,8)9-4-5/h3-4H2,1-2H3,(H,7,8). The highest BCUT2D eigenvalue weighted by atomic mass is 35.7. The lowest BCUT2D eigenvalue weighted by molar-refractivity contribution is 0.160. The highest BCUT2D eigenvalue weighted by Gasteiger charge is 2.32. The summed E-state index contributed by atoms with van der Waals surface area (Å²) in [5.74, 6) is 0. The van der Waals surface area contributed by atoms with Crippen molar-refractivity contribution in [3.8, 4) is 0 Å². The molecular weight excluding hydrogens is 172 g/mol. The summed E-state index contributed by atoms with van der Waals surface area (Å²) in [4.78, 5) is 0. The molecule has 1 N–H and O–H groups in total. The van der Waals surface area contributed by atoms with Gasteiger partial charge in [0, 0.05) is 12.0 Å². The number of nitrogens with one attached hydrogen (secondary N) is 1. The van der Waals surface area contributed by atoms with Crippen LogP contribution in [0.4, 0.5) is 0 Å². The molecule has 3 nitrogen and oxygen atoms in total. The molecular formula is C5H11ClNO2P. The summed E-state index contributed by atoms with van der Waals surface area (Å²) in [6, 6.07) is 0.